The maximum absolute atomic E-state index is 11.6. The molecule has 0 aromatic carbocycles. The van der Waals surface area contributed by atoms with Gasteiger partial charge in [-0.3, -0.25) is 4.79 Å². The van der Waals surface area contributed by atoms with Crippen LogP contribution in [0.5, 0.6) is 0 Å². The van der Waals surface area contributed by atoms with E-state index in [4.69, 9.17) is 10.00 Å². The third kappa shape index (κ3) is 9.26. The second-order valence-electron chi connectivity index (χ2n) is 4.63. The van der Waals surface area contributed by atoms with E-state index in [1.807, 2.05) is 0 Å². The molecular weight excluding hydrogens is 240 g/mol. The van der Waals surface area contributed by atoms with E-state index in [1.165, 1.54) is 12.8 Å². The van der Waals surface area contributed by atoms with Gasteiger partial charge in [-0.1, -0.05) is 46.1 Å². The Hall–Kier alpha value is -1.34. The first-order valence-electron chi connectivity index (χ1n) is 7.17. The Morgan fingerprint density at radius 2 is 1.95 bits per heavy atom. The van der Waals surface area contributed by atoms with Crippen molar-refractivity contribution in [2.24, 2.45) is 0 Å². The second-order valence-corrected chi connectivity index (χ2v) is 4.63. The number of nitriles is 1. The molecule has 0 saturated carbocycles. The predicted molar refractivity (Wildman–Crippen MR) is 76.3 cm³/mol. The SMILES string of the molecule is C=C(C#N)C(=O)NC(CCCCCC)OCCCC. The number of amides is 1. The van der Waals surface area contributed by atoms with Gasteiger partial charge in [-0.25, -0.2) is 0 Å². The smallest absolute Gasteiger partial charge is 0.263 e. The maximum Gasteiger partial charge on any atom is 0.263 e. The number of hydrogen-bond acceptors (Lipinski definition) is 3. The zero-order valence-electron chi connectivity index (χ0n) is 12.2. The third-order valence-electron chi connectivity index (χ3n) is 2.84. The zero-order valence-corrected chi connectivity index (χ0v) is 12.2. The molecule has 19 heavy (non-hydrogen) atoms. The number of ether oxygens (including phenoxy) is 1. The summed E-state index contributed by atoms with van der Waals surface area (Å²) in [7, 11) is 0. The number of carbonyl (C=O) groups excluding carboxylic acids is 1. The minimum Gasteiger partial charge on any atom is -0.359 e. The molecule has 4 heteroatoms. The van der Waals surface area contributed by atoms with Crippen molar-refractivity contribution < 1.29 is 9.53 Å². The van der Waals surface area contributed by atoms with Crippen molar-refractivity contribution in [3.8, 4) is 6.07 Å². The number of hydrogen-bond donors (Lipinski definition) is 1. The van der Waals surface area contributed by atoms with E-state index in [-0.39, 0.29) is 11.8 Å². The summed E-state index contributed by atoms with van der Waals surface area (Å²) in [4.78, 5) is 11.6. The fourth-order valence-electron chi connectivity index (χ4n) is 1.61. The Balaban J connectivity index is 4.13. The van der Waals surface area contributed by atoms with Crippen LogP contribution in [0.2, 0.25) is 0 Å². The summed E-state index contributed by atoms with van der Waals surface area (Å²) in [6, 6.07) is 1.75. The van der Waals surface area contributed by atoms with Gasteiger partial charge < -0.3 is 10.1 Å². The quantitative estimate of drug-likeness (QED) is 0.270. The van der Waals surface area contributed by atoms with Crippen molar-refractivity contribution in [3.63, 3.8) is 0 Å². The summed E-state index contributed by atoms with van der Waals surface area (Å²) in [6.45, 7) is 8.29. The van der Waals surface area contributed by atoms with Gasteiger partial charge in [-0.15, -0.1) is 0 Å². The molecule has 4 nitrogen and oxygen atoms in total. The molecule has 0 aliphatic rings. The number of nitrogens with one attached hydrogen (secondary N) is 1. The highest BCUT2D eigenvalue weighted by Crippen LogP contribution is 2.08. The van der Waals surface area contributed by atoms with Crippen LogP contribution in [0.25, 0.3) is 0 Å². The molecule has 0 radical (unpaired) electrons. The van der Waals surface area contributed by atoms with Crippen LogP contribution in [0, 0.1) is 11.3 Å². The van der Waals surface area contributed by atoms with Crippen molar-refractivity contribution in [1.29, 1.82) is 5.26 Å². The molecule has 0 rings (SSSR count). The van der Waals surface area contributed by atoms with Gasteiger partial charge in [0, 0.05) is 6.61 Å². The van der Waals surface area contributed by atoms with Crippen molar-refractivity contribution in [2.75, 3.05) is 6.61 Å². The van der Waals surface area contributed by atoms with Gasteiger partial charge in [0.2, 0.25) is 0 Å². The zero-order chi connectivity index (χ0) is 14.5. The lowest BCUT2D eigenvalue weighted by Gasteiger charge is -2.19. The van der Waals surface area contributed by atoms with Crippen LogP contribution in [-0.4, -0.2) is 18.7 Å². The van der Waals surface area contributed by atoms with Gasteiger partial charge in [-0.2, -0.15) is 5.26 Å². The minimum absolute atomic E-state index is 0.0716. The van der Waals surface area contributed by atoms with Gasteiger partial charge in [0.1, 0.15) is 17.9 Å². The molecule has 0 saturated heterocycles. The number of nitrogens with zero attached hydrogens (tertiary/aromatic N) is 1. The van der Waals surface area contributed by atoms with Gasteiger partial charge in [0.05, 0.1) is 0 Å². The van der Waals surface area contributed by atoms with Crippen molar-refractivity contribution in [1.82, 2.24) is 5.32 Å². The Morgan fingerprint density at radius 3 is 2.53 bits per heavy atom. The molecule has 0 fully saturated rings. The number of carbonyl (C=O) groups is 1. The largest absolute Gasteiger partial charge is 0.359 e. The van der Waals surface area contributed by atoms with Crippen molar-refractivity contribution in [3.05, 3.63) is 12.2 Å². The first kappa shape index (κ1) is 17.7. The fraction of sp³-hybridized carbons (Fsp3) is 0.733. The van der Waals surface area contributed by atoms with Crippen LogP contribution in [0.15, 0.2) is 12.2 Å². The van der Waals surface area contributed by atoms with E-state index in [1.54, 1.807) is 6.07 Å². The van der Waals surface area contributed by atoms with Gasteiger partial charge in [0.25, 0.3) is 5.91 Å². The standard InChI is InChI=1S/C15H26N2O2/c1-4-6-8-9-10-14(19-11-7-5-2)17-15(18)13(3)12-16/h14H,3-11H2,1-2H3,(H,17,18). The highest BCUT2D eigenvalue weighted by molar-refractivity contribution is 5.96. The predicted octanol–water partition coefficient (Wildman–Crippen LogP) is 3.30. The second kappa shape index (κ2) is 11.7. The first-order chi connectivity index (χ1) is 9.15. The molecule has 1 N–H and O–H groups in total. The highest BCUT2D eigenvalue weighted by Gasteiger charge is 2.14. The van der Waals surface area contributed by atoms with E-state index in [0.29, 0.717) is 6.61 Å². The minimum atomic E-state index is -0.431. The molecule has 0 heterocycles. The molecule has 0 aromatic rings. The fourth-order valence-corrected chi connectivity index (χ4v) is 1.61. The maximum atomic E-state index is 11.6. The molecule has 0 aromatic heterocycles. The molecule has 0 bridgehead atoms. The molecule has 0 aliphatic heterocycles. The van der Waals surface area contributed by atoms with E-state index in [2.05, 4.69) is 25.7 Å². The van der Waals surface area contributed by atoms with E-state index < -0.39 is 5.91 Å². The Bertz CT molecular complexity index is 308. The average Bonchev–Trinajstić information content (AvgIpc) is 2.42. The first-order valence-corrected chi connectivity index (χ1v) is 7.17. The van der Waals surface area contributed by atoms with Crippen LogP contribution in [0.3, 0.4) is 0 Å². The van der Waals surface area contributed by atoms with Crippen LogP contribution in [-0.2, 0) is 9.53 Å². The van der Waals surface area contributed by atoms with Crippen LogP contribution in [0.4, 0.5) is 0 Å². The number of rotatable bonds is 11. The van der Waals surface area contributed by atoms with E-state index >= 15 is 0 Å². The Kier molecular flexibility index (Phi) is 10.9. The molecular formula is C15H26N2O2. The lowest BCUT2D eigenvalue weighted by Crippen LogP contribution is -2.37. The lowest BCUT2D eigenvalue weighted by atomic mass is 10.1. The van der Waals surface area contributed by atoms with Gasteiger partial charge >= 0.3 is 0 Å². The van der Waals surface area contributed by atoms with Crippen molar-refractivity contribution in [2.45, 2.75) is 65.0 Å². The third-order valence-corrected chi connectivity index (χ3v) is 2.84. The lowest BCUT2D eigenvalue weighted by molar-refractivity contribution is -0.121. The highest BCUT2D eigenvalue weighted by atomic mass is 16.5. The monoisotopic (exact) mass is 266 g/mol. The molecule has 0 spiro atoms. The average molecular weight is 266 g/mol. The van der Waals surface area contributed by atoms with Crippen LogP contribution >= 0.6 is 0 Å². The summed E-state index contributed by atoms with van der Waals surface area (Å²) in [5.74, 6) is -0.431. The van der Waals surface area contributed by atoms with Gasteiger partial charge in [-0.05, 0) is 19.3 Å². The summed E-state index contributed by atoms with van der Waals surface area (Å²) in [5.41, 5.74) is -0.0716. The summed E-state index contributed by atoms with van der Waals surface area (Å²) in [6.07, 6.45) is 7.04. The van der Waals surface area contributed by atoms with Gasteiger partial charge in [0.15, 0.2) is 0 Å². The summed E-state index contributed by atoms with van der Waals surface area (Å²) in [5, 5.41) is 11.3. The summed E-state index contributed by atoms with van der Waals surface area (Å²) < 4.78 is 5.65. The molecule has 108 valence electrons. The normalized spacial score (nSPS) is 11.6. The summed E-state index contributed by atoms with van der Waals surface area (Å²) >= 11 is 0. The van der Waals surface area contributed by atoms with Crippen molar-refractivity contribution >= 4 is 5.91 Å². The van der Waals surface area contributed by atoms with Crippen LogP contribution in [0.1, 0.15) is 58.8 Å². The molecule has 0 aliphatic carbocycles. The topological polar surface area (TPSA) is 62.1 Å². The van der Waals surface area contributed by atoms with E-state index in [0.717, 1.165) is 32.1 Å². The number of unbranched alkanes of at least 4 members (excludes halogenated alkanes) is 4. The Labute approximate surface area is 116 Å². The van der Waals surface area contributed by atoms with E-state index in [9.17, 15) is 4.79 Å². The Morgan fingerprint density at radius 1 is 1.26 bits per heavy atom. The molecule has 1 atom stereocenters. The molecule has 1 unspecified atom stereocenters. The van der Waals surface area contributed by atoms with Crippen LogP contribution < -0.4 is 5.32 Å². The molecule has 1 amide bonds.